The van der Waals surface area contributed by atoms with Crippen molar-refractivity contribution < 1.29 is 123 Å². The molecule has 0 aromatic heterocycles. The van der Waals surface area contributed by atoms with Crippen LogP contribution in [-0.2, 0) is 21.1 Å². The summed E-state index contributed by atoms with van der Waals surface area (Å²) in [6, 6.07) is 0. The average molecular weight is 675 g/mol. The van der Waals surface area contributed by atoms with E-state index < -0.39 is 0 Å². The van der Waals surface area contributed by atoms with Crippen LogP contribution in [-0.4, -0.2) is 0 Å². The Bertz CT molecular complexity index is 4.14. The van der Waals surface area contributed by atoms with Gasteiger partial charge in [-0.05, 0) is 0 Å². The molecule has 0 amide bonds. The van der Waals surface area contributed by atoms with Gasteiger partial charge in [0.15, 0.2) is 0 Å². The van der Waals surface area contributed by atoms with Gasteiger partial charge in [0.1, 0.15) is 0 Å². The van der Waals surface area contributed by atoms with E-state index in [0.29, 0.717) is 0 Å². The van der Waals surface area contributed by atoms with E-state index >= 15 is 0 Å². The molecular formula is Br6Pt-6. The van der Waals surface area contributed by atoms with Crippen molar-refractivity contribution in [2.75, 3.05) is 0 Å². The molecule has 0 aromatic rings. The Balaban J connectivity index is 0. The average Bonchev–Trinajstić information content (AvgIpc) is 0. The number of rotatable bonds is 0. The van der Waals surface area contributed by atoms with E-state index in [1.165, 1.54) is 0 Å². The molecular weight excluding hydrogens is 675 g/mol. The van der Waals surface area contributed by atoms with Gasteiger partial charge in [-0.25, -0.2) is 0 Å². The van der Waals surface area contributed by atoms with Crippen molar-refractivity contribution in [2.24, 2.45) is 0 Å². The molecule has 0 aliphatic heterocycles. The van der Waals surface area contributed by atoms with Crippen molar-refractivity contribution in [1.29, 1.82) is 0 Å². The van der Waals surface area contributed by atoms with Crippen LogP contribution in [0.2, 0.25) is 0 Å². The molecule has 0 atom stereocenters. The van der Waals surface area contributed by atoms with Crippen LogP contribution in [0.25, 0.3) is 0 Å². The smallest absolute Gasteiger partial charge is 0 e. The van der Waals surface area contributed by atoms with E-state index in [4.69, 9.17) is 0 Å². The monoisotopic (exact) mass is 668 g/mol. The standard InChI is InChI=1S/6BrH.Pt/h6*1H;/p-6. The van der Waals surface area contributed by atoms with Gasteiger partial charge in [0, 0.05) is 21.1 Å². The molecule has 0 aliphatic rings. The molecule has 0 spiro atoms. The summed E-state index contributed by atoms with van der Waals surface area (Å²) in [5.74, 6) is 0. The summed E-state index contributed by atoms with van der Waals surface area (Å²) in [7, 11) is 0. The Morgan fingerprint density at radius 3 is 0.286 bits per heavy atom. The van der Waals surface area contributed by atoms with E-state index in [1.54, 1.807) is 0 Å². The minimum atomic E-state index is 0. The molecule has 0 aromatic carbocycles. The molecule has 7 heavy (non-hydrogen) atoms. The predicted molar refractivity (Wildman–Crippen MR) is 0 cm³/mol. The first-order valence-corrected chi connectivity index (χ1v) is 0. The van der Waals surface area contributed by atoms with E-state index in [0.717, 1.165) is 0 Å². The van der Waals surface area contributed by atoms with Crippen LogP contribution in [0.1, 0.15) is 0 Å². The van der Waals surface area contributed by atoms with Crippen LogP contribution in [0.5, 0.6) is 0 Å². The molecule has 0 bridgehead atoms. The van der Waals surface area contributed by atoms with Crippen LogP contribution in [0.3, 0.4) is 0 Å². The quantitative estimate of drug-likeness (QED) is 0.240. The zero-order valence-corrected chi connectivity index (χ0v) is 14.4. The van der Waals surface area contributed by atoms with Crippen LogP contribution in [0.4, 0.5) is 0 Å². The fraction of sp³-hybridized carbons (Fsp3) is 0. The first kappa shape index (κ1) is 76.0. The molecule has 0 aliphatic carbocycles. The third-order valence-corrected chi connectivity index (χ3v) is 0. The van der Waals surface area contributed by atoms with E-state index in [9.17, 15) is 0 Å². The molecule has 0 saturated carbocycles. The maximum Gasteiger partial charge on any atom is 0 e. The predicted octanol–water partition coefficient (Wildman–Crippen LogP) is -18.0. The normalized spacial score (nSPS) is 0. The summed E-state index contributed by atoms with van der Waals surface area (Å²) >= 11 is 0. The van der Waals surface area contributed by atoms with Crippen molar-refractivity contribution in [2.45, 2.75) is 0 Å². The van der Waals surface area contributed by atoms with Crippen molar-refractivity contribution >= 4 is 0 Å². The van der Waals surface area contributed by atoms with Gasteiger partial charge in [-0.1, -0.05) is 0 Å². The van der Waals surface area contributed by atoms with Gasteiger partial charge in [-0.3, -0.25) is 0 Å². The number of hydrogen-bond donors (Lipinski definition) is 0. The van der Waals surface area contributed by atoms with Gasteiger partial charge in [0.2, 0.25) is 0 Å². The first-order chi connectivity index (χ1) is 0. The minimum Gasteiger partial charge on any atom is -1.00 e. The summed E-state index contributed by atoms with van der Waals surface area (Å²) in [6.07, 6.45) is 0. The molecule has 58 valence electrons. The molecule has 0 rings (SSSR count). The molecule has 0 unspecified atom stereocenters. The summed E-state index contributed by atoms with van der Waals surface area (Å²) in [5, 5.41) is 0. The van der Waals surface area contributed by atoms with Crippen LogP contribution in [0, 0.1) is 0 Å². The van der Waals surface area contributed by atoms with Crippen LogP contribution < -0.4 is 102 Å². The van der Waals surface area contributed by atoms with Gasteiger partial charge in [-0.15, -0.1) is 0 Å². The zero-order chi connectivity index (χ0) is 0. The Morgan fingerprint density at radius 2 is 0.286 bits per heavy atom. The summed E-state index contributed by atoms with van der Waals surface area (Å²) in [6.45, 7) is 0. The van der Waals surface area contributed by atoms with E-state index in [2.05, 4.69) is 0 Å². The van der Waals surface area contributed by atoms with E-state index in [-0.39, 0.29) is 123 Å². The molecule has 0 fully saturated rings. The topological polar surface area (TPSA) is 0 Å². The summed E-state index contributed by atoms with van der Waals surface area (Å²) < 4.78 is 0. The molecule has 7 heteroatoms. The Kier molecular flexibility index (Phi) is 599. The SMILES string of the molecule is [Br-].[Br-].[Br-].[Br-].[Br-].[Br-].[Pt]. The number of hydrogen-bond acceptors (Lipinski definition) is 0. The van der Waals surface area contributed by atoms with Gasteiger partial charge in [-0.2, -0.15) is 0 Å². The van der Waals surface area contributed by atoms with Gasteiger partial charge >= 0.3 is 0 Å². The fourth-order valence-corrected chi connectivity index (χ4v) is 0. The molecule has 0 saturated heterocycles. The van der Waals surface area contributed by atoms with Crippen LogP contribution in [0.15, 0.2) is 0 Å². The molecule has 0 radical (unpaired) electrons. The Hall–Kier alpha value is 3.57. The molecule has 0 nitrogen and oxygen atoms in total. The third kappa shape index (κ3) is 43.0. The van der Waals surface area contributed by atoms with Gasteiger partial charge in [0.25, 0.3) is 0 Å². The second-order valence-corrected chi connectivity index (χ2v) is 0. The minimum absolute atomic E-state index is 0. The zero-order valence-electron chi connectivity index (χ0n) is 2.58. The maximum atomic E-state index is 0. The Morgan fingerprint density at radius 1 is 0.286 bits per heavy atom. The van der Waals surface area contributed by atoms with Crippen molar-refractivity contribution in [3.8, 4) is 0 Å². The van der Waals surface area contributed by atoms with Crippen molar-refractivity contribution in [3.63, 3.8) is 0 Å². The summed E-state index contributed by atoms with van der Waals surface area (Å²) in [4.78, 5) is 0. The van der Waals surface area contributed by atoms with E-state index in [1.807, 2.05) is 0 Å². The number of halogens is 6. The van der Waals surface area contributed by atoms with Crippen molar-refractivity contribution in [1.82, 2.24) is 0 Å². The van der Waals surface area contributed by atoms with Crippen molar-refractivity contribution in [3.05, 3.63) is 0 Å². The maximum absolute atomic E-state index is 0. The van der Waals surface area contributed by atoms with Crippen LogP contribution >= 0.6 is 0 Å². The fourth-order valence-electron chi connectivity index (χ4n) is 0. The second-order valence-electron chi connectivity index (χ2n) is 0. The first-order valence-electron chi connectivity index (χ1n) is 0. The van der Waals surface area contributed by atoms with Gasteiger partial charge in [0.05, 0.1) is 0 Å². The molecule has 0 heterocycles. The third-order valence-electron chi connectivity index (χ3n) is 0. The largest absolute Gasteiger partial charge is 1.00 e. The Labute approximate surface area is 121 Å². The molecule has 0 N–H and O–H groups in total. The van der Waals surface area contributed by atoms with Gasteiger partial charge < -0.3 is 102 Å². The second kappa shape index (κ2) is 55.2. The summed E-state index contributed by atoms with van der Waals surface area (Å²) in [5.41, 5.74) is 0.